The van der Waals surface area contributed by atoms with E-state index >= 15 is 0 Å². The summed E-state index contributed by atoms with van der Waals surface area (Å²) in [6, 6.07) is 18.5. The van der Waals surface area contributed by atoms with E-state index in [2.05, 4.69) is 10.4 Å². The van der Waals surface area contributed by atoms with Gasteiger partial charge in [0.15, 0.2) is 15.5 Å². The minimum Gasteiger partial charge on any atom is -0.347 e. The first-order valence-corrected chi connectivity index (χ1v) is 10.5. The maximum Gasteiger partial charge on any atom is 0.272 e. The van der Waals surface area contributed by atoms with Gasteiger partial charge in [0.25, 0.3) is 5.91 Å². The normalized spacial score (nSPS) is 11.3. The molecule has 0 radical (unpaired) electrons. The summed E-state index contributed by atoms with van der Waals surface area (Å²) in [4.78, 5) is 12.4. The standard InChI is InChI=1S/C20H21N3O3S/c1-15-12-19(22-23(15)18-6-4-3-5-7-18)20(24)21-13-16-8-10-17(11-9-16)14-27(2,25)26/h3-12H,13-14H2,1-2H3,(H,21,24). The van der Waals surface area contributed by atoms with Crippen LogP contribution in [0.2, 0.25) is 0 Å². The van der Waals surface area contributed by atoms with Crippen LogP contribution in [0.25, 0.3) is 5.69 Å². The van der Waals surface area contributed by atoms with E-state index in [-0.39, 0.29) is 11.7 Å². The van der Waals surface area contributed by atoms with Crippen molar-refractivity contribution in [2.24, 2.45) is 0 Å². The van der Waals surface area contributed by atoms with Gasteiger partial charge in [-0.1, -0.05) is 42.5 Å². The highest BCUT2D eigenvalue weighted by atomic mass is 32.2. The van der Waals surface area contributed by atoms with E-state index in [1.165, 1.54) is 6.26 Å². The topological polar surface area (TPSA) is 81.1 Å². The Bertz CT molecular complexity index is 1040. The Morgan fingerprint density at radius 3 is 2.30 bits per heavy atom. The zero-order valence-corrected chi connectivity index (χ0v) is 16.0. The Morgan fingerprint density at radius 2 is 1.67 bits per heavy atom. The molecule has 27 heavy (non-hydrogen) atoms. The fraction of sp³-hybridized carbons (Fsp3) is 0.200. The van der Waals surface area contributed by atoms with Crippen molar-refractivity contribution in [3.05, 3.63) is 83.2 Å². The Kier molecular flexibility index (Phi) is 5.41. The first-order valence-electron chi connectivity index (χ1n) is 8.48. The minimum absolute atomic E-state index is 0.00976. The molecule has 7 heteroatoms. The average molecular weight is 383 g/mol. The summed E-state index contributed by atoms with van der Waals surface area (Å²) in [5.74, 6) is -0.247. The second-order valence-electron chi connectivity index (χ2n) is 6.49. The molecule has 0 spiro atoms. The van der Waals surface area contributed by atoms with Crippen molar-refractivity contribution in [2.45, 2.75) is 19.2 Å². The minimum atomic E-state index is -3.06. The zero-order valence-electron chi connectivity index (χ0n) is 15.2. The van der Waals surface area contributed by atoms with Crippen molar-refractivity contribution in [3.8, 4) is 5.69 Å². The summed E-state index contributed by atoms with van der Waals surface area (Å²) in [6.45, 7) is 2.24. The summed E-state index contributed by atoms with van der Waals surface area (Å²) in [5.41, 5.74) is 3.74. The van der Waals surface area contributed by atoms with Crippen LogP contribution in [-0.4, -0.2) is 30.4 Å². The van der Waals surface area contributed by atoms with Gasteiger partial charge in [0, 0.05) is 18.5 Å². The van der Waals surface area contributed by atoms with Gasteiger partial charge in [0.05, 0.1) is 11.4 Å². The first-order chi connectivity index (χ1) is 12.8. The lowest BCUT2D eigenvalue weighted by Crippen LogP contribution is -2.23. The van der Waals surface area contributed by atoms with Gasteiger partial charge in [-0.05, 0) is 36.2 Å². The lowest BCUT2D eigenvalue weighted by Gasteiger charge is -2.05. The van der Waals surface area contributed by atoms with E-state index in [1.807, 2.05) is 49.4 Å². The summed E-state index contributed by atoms with van der Waals surface area (Å²) in [6.07, 6.45) is 1.21. The quantitative estimate of drug-likeness (QED) is 0.710. The predicted octanol–water partition coefficient (Wildman–Crippen LogP) is 2.66. The first kappa shape index (κ1) is 18.8. The Hall–Kier alpha value is -2.93. The smallest absolute Gasteiger partial charge is 0.272 e. The second kappa shape index (κ2) is 7.75. The van der Waals surface area contributed by atoms with Crippen LogP contribution in [0.1, 0.15) is 27.3 Å². The average Bonchev–Trinajstić information content (AvgIpc) is 3.02. The molecule has 1 N–H and O–H groups in total. The fourth-order valence-corrected chi connectivity index (χ4v) is 3.54. The largest absolute Gasteiger partial charge is 0.347 e. The van der Waals surface area contributed by atoms with Crippen LogP contribution in [0.15, 0.2) is 60.7 Å². The van der Waals surface area contributed by atoms with Crippen molar-refractivity contribution in [3.63, 3.8) is 0 Å². The number of hydrogen-bond donors (Lipinski definition) is 1. The second-order valence-corrected chi connectivity index (χ2v) is 8.63. The third kappa shape index (κ3) is 5.04. The number of carbonyl (C=O) groups excluding carboxylic acids is 1. The Labute approximate surface area is 158 Å². The fourth-order valence-electron chi connectivity index (χ4n) is 2.74. The Morgan fingerprint density at radius 1 is 1.04 bits per heavy atom. The number of aromatic nitrogens is 2. The molecule has 0 bridgehead atoms. The maximum absolute atomic E-state index is 12.4. The number of nitrogens with one attached hydrogen (secondary N) is 1. The van der Waals surface area contributed by atoms with Gasteiger partial charge in [0.1, 0.15) is 0 Å². The van der Waals surface area contributed by atoms with Crippen LogP contribution in [-0.2, 0) is 22.1 Å². The van der Waals surface area contributed by atoms with Crippen LogP contribution in [0.5, 0.6) is 0 Å². The van der Waals surface area contributed by atoms with E-state index < -0.39 is 9.84 Å². The molecule has 1 amide bonds. The van der Waals surface area contributed by atoms with Crippen molar-refractivity contribution in [1.29, 1.82) is 0 Å². The predicted molar refractivity (Wildman–Crippen MR) is 104 cm³/mol. The molecule has 3 aromatic rings. The van der Waals surface area contributed by atoms with Crippen LogP contribution in [0, 0.1) is 6.92 Å². The third-order valence-electron chi connectivity index (χ3n) is 4.03. The summed E-state index contributed by atoms with van der Waals surface area (Å²) >= 11 is 0. The molecule has 6 nitrogen and oxygen atoms in total. The molecule has 2 aromatic carbocycles. The third-order valence-corrected chi connectivity index (χ3v) is 4.88. The highest BCUT2D eigenvalue weighted by Crippen LogP contribution is 2.12. The number of amides is 1. The molecule has 0 aliphatic rings. The Balaban J connectivity index is 1.65. The van der Waals surface area contributed by atoms with Crippen LogP contribution in [0.4, 0.5) is 0 Å². The van der Waals surface area contributed by atoms with Crippen LogP contribution >= 0.6 is 0 Å². The monoisotopic (exact) mass is 383 g/mol. The number of benzene rings is 2. The number of aryl methyl sites for hydroxylation is 1. The highest BCUT2D eigenvalue weighted by Gasteiger charge is 2.13. The van der Waals surface area contributed by atoms with E-state index in [0.29, 0.717) is 12.2 Å². The van der Waals surface area contributed by atoms with Crippen molar-refractivity contribution < 1.29 is 13.2 Å². The lowest BCUT2D eigenvalue weighted by atomic mass is 10.1. The molecular formula is C20H21N3O3S. The number of hydrogen-bond acceptors (Lipinski definition) is 4. The summed E-state index contributed by atoms with van der Waals surface area (Å²) in [7, 11) is -3.06. The van der Waals surface area contributed by atoms with Gasteiger partial charge in [-0.2, -0.15) is 5.10 Å². The molecule has 0 unspecified atom stereocenters. The molecule has 1 aromatic heterocycles. The number of nitrogens with zero attached hydrogens (tertiary/aromatic N) is 2. The van der Waals surface area contributed by atoms with Crippen LogP contribution in [0.3, 0.4) is 0 Å². The van der Waals surface area contributed by atoms with Gasteiger partial charge < -0.3 is 5.32 Å². The molecule has 0 atom stereocenters. The zero-order chi connectivity index (χ0) is 19.4. The summed E-state index contributed by atoms with van der Waals surface area (Å²) in [5, 5.41) is 7.23. The van der Waals surface area contributed by atoms with Crippen molar-refractivity contribution in [2.75, 3.05) is 6.26 Å². The number of para-hydroxylation sites is 1. The van der Waals surface area contributed by atoms with E-state index in [1.54, 1.807) is 22.9 Å². The number of rotatable bonds is 6. The molecule has 0 fully saturated rings. The van der Waals surface area contributed by atoms with E-state index in [9.17, 15) is 13.2 Å². The van der Waals surface area contributed by atoms with Gasteiger partial charge >= 0.3 is 0 Å². The van der Waals surface area contributed by atoms with Gasteiger partial charge in [-0.25, -0.2) is 13.1 Å². The van der Waals surface area contributed by atoms with Crippen molar-refractivity contribution >= 4 is 15.7 Å². The lowest BCUT2D eigenvalue weighted by molar-refractivity contribution is 0.0945. The van der Waals surface area contributed by atoms with Crippen molar-refractivity contribution in [1.82, 2.24) is 15.1 Å². The molecule has 1 heterocycles. The van der Waals surface area contributed by atoms with Gasteiger partial charge in [-0.15, -0.1) is 0 Å². The molecule has 140 valence electrons. The van der Waals surface area contributed by atoms with Gasteiger partial charge in [-0.3, -0.25) is 4.79 Å². The molecule has 0 aliphatic heterocycles. The maximum atomic E-state index is 12.4. The van der Waals surface area contributed by atoms with Gasteiger partial charge in [0.2, 0.25) is 0 Å². The SMILES string of the molecule is Cc1cc(C(=O)NCc2ccc(CS(C)(=O)=O)cc2)nn1-c1ccccc1. The molecule has 3 rings (SSSR count). The number of carbonyl (C=O) groups is 1. The molecule has 0 saturated carbocycles. The van der Waals surface area contributed by atoms with E-state index in [0.717, 1.165) is 22.5 Å². The molecule has 0 saturated heterocycles. The van der Waals surface area contributed by atoms with Crippen LogP contribution < -0.4 is 5.32 Å². The number of sulfone groups is 1. The summed E-state index contributed by atoms with van der Waals surface area (Å²) < 4.78 is 24.4. The molecular weight excluding hydrogens is 362 g/mol. The molecule has 0 aliphatic carbocycles. The van der Waals surface area contributed by atoms with E-state index in [4.69, 9.17) is 0 Å². The highest BCUT2D eigenvalue weighted by molar-refractivity contribution is 7.89.